The largest absolute Gasteiger partial charge is 0.475 e. The van der Waals surface area contributed by atoms with Gasteiger partial charge in [0.25, 0.3) is 0 Å². The van der Waals surface area contributed by atoms with Gasteiger partial charge in [0.15, 0.2) is 0 Å². The summed E-state index contributed by atoms with van der Waals surface area (Å²) in [6, 6.07) is 0. The number of hydrogen-bond donors (Lipinski definition) is 2. The van der Waals surface area contributed by atoms with Crippen LogP contribution < -0.4 is 0 Å². The Morgan fingerprint density at radius 1 is 1.19 bits per heavy atom. The van der Waals surface area contributed by atoms with E-state index in [1.807, 2.05) is 35.6 Å². The normalized spacial score (nSPS) is 17.1. The Morgan fingerprint density at radius 3 is 2.26 bits per heavy atom. The van der Waals surface area contributed by atoms with Gasteiger partial charge in [-0.3, -0.25) is 9.69 Å². The second kappa shape index (κ2) is 8.68. The van der Waals surface area contributed by atoms with Crippen LogP contribution in [0.5, 0.6) is 0 Å². The van der Waals surface area contributed by atoms with Crippen LogP contribution in [0.4, 0.5) is 0 Å². The van der Waals surface area contributed by atoms with Crippen LogP contribution in [0.2, 0.25) is 0 Å². The highest BCUT2D eigenvalue weighted by atomic mass is 16.4. The molecule has 0 spiro atoms. The molecule has 1 fully saturated rings. The Morgan fingerprint density at radius 2 is 1.78 bits per heavy atom. The summed E-state index contributed by atoms with van der Waals surface area (Å²) in [6.45, 7) is 2.34. The molecule has 1 unspecified atom stereocenters. The molecule has 146 valence electrons. The van der Waals surface area contributed by atoms with E-state index in [0.29, 0.717) is 39.0 Å². The van der Waals surface area contributed by atoms with Crippen molar-refractivity contribution in [3.63, 3.8) is 0 Å². The minimum Gasteiger partial charge on any atom is -0.426 e. The first kappa shape index (κ1) is 19.6. The Labute approximate surface area is 159 Å². The number of hydrogen-bond acceptors (Lipinski definition) is 6. The number of aryl methyl sites for hydroxylation is 2. The molecule has 1 atom stereocenters. The summed E-state index contributed by atoms with van der Waals surface area (Å²) in [7, 11) is 2.42. The van der Waals surface area contributed by atoms with Gasteiger partial charge in [0.1, 0.15) is 11.6 Å². The maximum atomic E-state index is 12.6. The van der Waals surface area contributed by atoms with Crippen molar-refractivity contribution >= 4 is 13.0 Å². The minimum atomic E-state index is -1.48. The van der Waals surface area contributed by atoms with Crippen LogP contribution in [0, 0.1) is 0 Å². The molecule has 0 radical (unpaired) electrons. The second-order valence-electron chi connectivity index (χ2n) is 7.08. The quantitative estimate of drug-likeness (QED) is 0.608. The molecule has 1 saturated heterocycles. The molecule has 10 heteroatoms. The summed E-state index contributed by atoms with van der Waals surface area (Å²) in [4.78, 5) is 25.1. The maximum Gasteiger partial charge on any atom is 0.475 e. The van der Waals surface area contributed by atoms with Gasteiger partial charge in [-0.2, -0.15) is 0 Å². The SMILES string of the molecule is Cn1ccnc1CN(CCC(=O)N1CCCC1B(O)O)Cc1nccn1C. The molecule has 0 aliphatic carbocycles. The van der Waals surface area contributed by atoms with E-state index in [-0.39, 0.29) is 5.91 Å². The van der Waals surface area contributed by atoms with E-state index >= 15 is 0 Å². The molecule has 2 aromatic rings. The van der Waals surface area contributed by atoms with Gasteiger partial charge in [0.2, 0.25) is 5.91 Å². The number of imidazole rings is 2. The van der Waals surface area contributed by atoms with E-state index < -0.39 is 13.1 Å². The fraction of sp³-hybridized carbons (Fsp3) is 0.588. The summed E-state index contributed by atoms with van der Waals surface area (Å²) in [5.41, 5.74) is 0. The summed E-state index contributed by atoms with van der Waals surface area (Å²) >= 11 is 0. The molecule has 27 heavy (non-hydrogen) atoms. The van der Waals surface area contributed by atoms with E-state index in [2.05, 4.69) is 14.9 Å². The third-order valence-corrected chi connectivity index (χ3v) is 5.18. The third kappa shape index (κ3) is 4.76. The number of amides is 1. The van der Waals surface area contributed by atoms with Crippen molar-refractivity contribution in [2.75, 3.05) is 13.1 Å². The van der Waals surface area contributed by atoms with Crippen molar-refractivity contribution in [3.8, 4) is 0 Å². The van der Waals surface area contributed by atoms with Gasteiger partial charge in [-0.1, -0.05) is 0 Å². The molecule has 1 aliphatic rings. The average Bonchev–Trinajstić information content (AvgIpc) is 3.35. The molecule has 1 aliphatic heterocycles. The Kier molecular flexibility index (Phi) is 6.30. The Bertz CT molecular complexity index is 719. The lowest BCUT2D eigenvalue weighted by molar-refractivity contribution is -0.131. The first-order valence-electron chi connectivity index (χ1n) is 9.26. The average molecular weight is 374 g/mol. The number of rotatable bonds is 8. The van der Waals surface area contributed by atoms with Gasteiger partial charge in [-0.25, -0.2) is 9.97 Å². The van der Waals surface area contributed by atoms with Crippen LogP contribution in [-0.4, -0.2) is 71.0 Å². The summed E-state index contributed by atoms with van der Waals surface area (Å²) in [6.07, 6.45) is 9.08. The zero-order valence-corrected chi connectivity index (χ0v) is 15.9. The third-order valence-electron chi connectivity index (χ3n) is 5.18. The van der Waals surface area contributed by atoms with Crippen molar-refractivity contribution in [2.45, 2.75) is 38.3 Å². The van der Waals surface area contributed by atoms with Crippen LogP contribution >= 0.6 is 0 Å². The second-order valence-corrected chi connectivity index (χ2v) is 7.08. The smallest absolute Gasteiger partial charge is 0.426 e. The first-order valence-corrected chi connectivity index (χ1v) is 9.26. The molecule has 0 bridgehead atoms. The predicted octanol–water partition coefficient (Wildman–Crippen LogP) is -0.451. The van der Waals surface area contributed by atoms with Crippen LogP contribution in [-0.2, 0) is 32.0 Å². The van der Waals surface area contributed by atoms with Crippen LogP contribution in [0.15, 0.2) is 24.8 Å². The highest BCUT2D eigenvalue weighted by Crippen LogP contribution is 2.19. The van der Waals surface area contributed by atoms with Gasteiger partial charge < -0.3 is 24.1 Å². The molecular formula is C17H27BN6O3. The molecule has 2 aromatic heterocycles. The van der Waals surface area contributed by atoms with Crippen LogP contribution in [0.25, 0.3) is 0 Å². The van der Waals surface area contributed by atoms with Gasteiger partial charge >= 0.3 is 7.12 Å². The van der Waals surface area contributed by atoms with E-state index in [9.17, 15) is 14.8 Å². The zero-order chi connectivity index (χ0) is 19.4. The lowest BCUT2D eigenvalue weighted by atomic mass is 9.78. The molecule has 0 saturated carbocycles. The summed E-state index contributed by atoms with van der Waals surface area (Å²) < 4.78 is 3.93. The van der Waals surface area contributed by atoms with Crippen molar-refractivity contribution in [1.82, 2.24) is 28.9 Å². The van der Waals surface area contributed by atoms with Crippen molar-refractivity contribution in [1.29, 1.82) is 0 Å². The van der Waals surface area contributed by atoms with Gasteiger partial charge in [0.05, 0.1) is 19.0 Å². The van der Waals surface area contributed by atoms with Gasteiger partial charge in [-0.15, -0.1) is 0 Å². The monoisotopic (exact) mass is 374 g/mol. The standard InChI is InChI=1S/C17H27BN6O3/c1-21-10-6-19-15(21)12-23(13-16-20-7-11-22(16)2)9-5-17(25)24-8-3-4-14(24)18(26)27/h6-7,10-11,14,26-27H,3-5,8-9,12-13H2,1-2H3. The van der Waals surface area contributed by atoms with Crippen LogP contribution in [0.3, 0.4) is 0 Å². The lowest BCUT2D eigenvalue weighted by Crippen LogP contribution is -2.46. The molecule has 3 rings (SSSR count). The van der Waals surface area contributed by atoms with E-state index in [1.54, 1.807) is 17.3 Å². The topological polar surface area (TPSA) is 99.7 Å². The molecule has 3 heterocycles. The highest BCUT2D eigenvalue weighted by Gasteiger charge is 2.36. The number of carbonyl (C=O) groups is 1. The van der Waals surface area contributed by atoms with Gasteiger partial charge in [-0.05, 0) is 12.8 Å². The zero-order valence-electron chi connectivity index (χ0n) is 15.9. The van der Waals surface area contributed by atoms with E-state index in [0.717, 1.165) is 18.1 Å². The first-order chi connectivity index (χ1) is 13.0. The maximum absolute atomic E-state index is 12.6. The van der Waals surface area contributed by atoms with E-state index in [4.69, 9.17) is 0 Å². The summed E-state index contributed by atoms with van der Waals surface area (Å²) in [5.74, 6) is 1.30. The van der Waals surface area contributed by atoms with E-state index in [1.165, 1.54) is 0 Å². The van der Waals surface area contributed by atoms with Crippen molar-refractivity contribution in [2.24, 2.45) is 14.1 Å². The number of likely N-dealkylation sites (tertiary alicyclic amines) is 1. The molecule has 0 aromatic carbocycles. The number of nitrogens with zero attached hydrogens (tertiary/aromatic N) is 6. The number of aromatic nitrogens is 4. The number of carbonyl (C=O) groups excluding carboxylic acids is 1. The molecule has 9 nitrogen and oxygen atoms in total. The predicted molar refractivity (Wildman–Crippen MR) is 100 cm³/mol. The Balaban J connectivity index is 1.64. The molecule has 1 amide bonds. The lowest BCUT2D eigenvalue weighted by Gasteiger charge is -2.26. The van der Waals surface area contributed by atoms with Gasteiger partial charge in [0, 0.05) is 58.4 Å². The molecule has 2 N–H and O–H groups in total. The fourth-order valence-electron chi connectivity index (χ4n) is 3.52. The summed E-state index contributed by atoms with van der Waals surface area (Å²) in [5, 5.41) is 19.0. The highest BCUT2D eigenvalue weighted by molar-refractivity contribution is 6.43. The van der Waals surface area contributed by atoms with Crippen molar-refractivity contribution in [3.05, 3.63) is 36.4 Å². The minimum absolute atomic E-state index is 0.0460. The Hall–Kier alpha value is -2.17. The van der Waals surface area contributed by atoms with Crippen molar-refractivity contribution < 1.29 is 14.8 Å². The fourth-order valence-corrected chi connectivity index (χ4v) is 3.52. The van der Waals surface area contributed by atoms with Crippen LogP contribution in [0.1, 0.15) is 30.9 Å². The molecular weight excluding hydrogens is 347 g/mol.